The summed E-state index contributed by atoms with van der Waals surface area (Å²) in [6.45, 7) is 0.880. The normalized spacial score (nSPS) is 22.7. The minimum absolute atomic E-state index is 0.229. The average molecular weight is 385 g/mol. The Morgan fingerprint density at radius 1 is 1.27 bits per heavy atom. The Bertz CT molecular complexity index is 634. The Labute approximate surface area is 157 Å². The first-order valence-electron chi connectivity index (χ1n) is 8.29. The fraction of sp³-hybridized carbons (Fsp3) is 0.500. The van der Waals surface area contributed by atoms with Crippen molar-refractivity contribution >= 4 is 23.5 Å². The van der Waals surface area contributed by atoms with Crippen LogP contribution >= 0.6 is 11.6 Å². The molecule has 2 atom stereocenters. The van der Waals surface area contributed by atoms with Crippen molar-refractivity contribution in [2.75, 3.05) is 20.6 Å². The summed E-state index contributed by atoms with van der Waals surface area (Å²) < 4.78 is 0. The molecule has 0 aliphatic heterocycles. The number of nitrogens with zero attached hydrogens (tertiary/aromatic N) is 2. The molecule has 8 heteroatoms. The number of hydrogen-bond donors (Lipinski definition) is 3. The van der Waals surface area contributed by atoms with Gasteiger partial charge in [-0.25, -0.2) is 14.6 Å². The second kappa shape index (κ2) is 10.3. The molecule has 1 heterocycles. The van der Waals surface area contributed by atoms with E-state index in [1.807, 2.05) is 26.2 Å². The number of carboxylic acids is 2. The molecular formula is C18H25ClN2O5. The minimum Gasteiger partial charge on any atom is -0.478 e. The van der Waals surface area contributed by atoms with Crippen LogP contribution in [-0.4, -0.2) is 57.8 Å². The largest absolute Gasteiger partial charge is 0.478 e. The summed E-state index contributed by atoms with van der Waals surface area (Å²) in [6.07, 6.45) is 5.17. The smallest absolute Gasteiger partial charge is 0.328 e. The van der Waals surface area contributed by atoms with Crippen molar-refractivity contribution in [3.63, 3.8) is 0 Å². The van der Waals surface area contributed by atoms with Gasteiger partial charge >= 0.3 is 11.9 Å². The Kier molecular flexibility index (Phi) is 8.71. The summed E-state index contributed by atoms with van der Waals surface area (Å²) in [5.74, 6) is -2.29. The molecule has 3 N–H and O–H groups in total. The van der Waals surface area contributed by atoms with E-state index in [4.69, 9.17) is 21.8 Å². The molecule has 0 spiro atoms. The van der Waals surface area contributed by atoms with Crippen molar-refractivity contribution in [3.05, 3.63) is 41.2 Å². The third kappa shape index (κ3) is 7.11. The third-order valence-corrected chi connectivity index (χ3v) is 4.36. The summed E-state index contributed by atoms with van der Waals surface area (Å²) in [7, 11) is 4.08. The van der Waals surface area contributed by atoms with Crippen LogP contribution in [0.15, 0.2) is 30.4 Å². The number of carbonyl (C=O) groups is 2. The fourth-order valence-electron chi connectivity index (χ4n) is 3.04. The second-order valence-electron chi connectivity index (χ2n) is 6.48. The van der Waals surface area contributed by atoms with Crippen molar-refractivity contribution in [2.24, 2.45) is 5.92 Å². The molecule has 1 aromatic heterocycles. The molecule has 7 nitrogen and oxygen atoms in total. The summed E-state index contributed by atoms with van der Waals surface area (Å²) in [5.41, 5.74) is -0.102. The number of halogens is 1. The van der Waals surface area contributed by atoms with Gasteiger partial charge in [0.25, 0.3) is 0 Å². The molecule has 0 amide bonds. The average Bonchev–Trinajstić information content (AvgIpc) is 2.55. The van der Waals surface area contributed by atoms with Crippen LogP contribution in [0.25, 0.3) is 0 Å². The van der Waals surface area contributed by atoms with Crippen molar-refractivity contribution in [1.29, 1.82) is 0 Å². The van der Waals surface area contributed by atoms with Crippen molar-refractivity contribution < 1.29 is 24.9 Å². The standard InChI is InChI=1S/C14H21ClN2O.C4H4O4/c1-17(2)10-11-6-3-4-9-14(11,18)12-7-5-8-13(15)16-12;5-3(6)1-2-4(7)8/h5,7-8,11,18H,3-4,6,9-10H2,1-2H3;1-2H,(H,5,6)(H,7,8)/b;2-1+. The first-order valence-corrected chi connectivity index (χ1v) is 8.67. The van der Waals surface area contributed by atoms with Crippen LogP contribution in [0.4, 0.5) is 0 Å². The van der Waals surface area contributed by atoms with E-state index < -0.39 is 17.5 Å². The number of rotatable bonds is 5. The fourth-order valence-corrected chi connectivity index (χ4v) is 3.20. The highest BCUT2D eigenvalue weighted by atomic mass is 35.5. The molecule has 1 aromatic rings. The summed E-state index contributed by atoms with van der Waals surface area (Å²) >= 11 is 5.95. The molecule has 0 bridgehead atoms. The molecule has 1 fully saturated rings. The van der Waals surface area contributed by atoms with Crippen LogP contribution in [0.5, 0.6) is 0 Å². The van der Waals surface area contributed by atoms with E-state index >= 15 is 0 Å². The predicted octanol–water partition coefficient (Wildman–Crippen LogP) is 2.39. The molecule has 0 aromatic carbocycles. The zero-order valence-electron chi connectivity index (χ0n) is 14.9. The summed E-state index contributed by atoms with van der Waals surface area (Å²) in [5, 5.41) is 27.1. The number of carboxylic acid groups (broad SMARTS) is 2. The maximum atomic E-state index is 11.0. The lowest BCUT2D eigenvalue weighted by atomic mass is 9.73. The Balaban J connectivity index is 0.000000359. The van der Waals surface area contributed by atoms with E-state index in [9.17, 15) is 14.7 Å². The van der Waals surface area contributed by atoms with E-state index in [1.54, 1.807) is 6.07 Å². The quantitative estimate of drug-likeness (QED) is 0.528. The molecule has 1 aliphatic rings. The molecule has 0 radical (unpaired) electrons. The summed E-state index contributed by atoms with van der Waals surface area (Å²) in [4.78, 5) is 25.6. The molecule has 1 saturated carbocycles. The number of aromatic nitrogens is 1. The zero-order valence-corrected chi connectivity index (χ0v) is 15.7. The van der Waals surface area contributed by atoms with Crippen LogP contribution < -0.4 is 0 Å². The molecule has 2 unspecified atom stereocenters. The number of hydrogen-bond acceptors (Lipinski definition) is 5. The van der Waals surface area contributed by atoms with E-state index in [1.165, 1.54) is 6.42 Å². The lowest BCUT2D eigenvalue weighted by molar-refractivity contribution is -0.134. The van der Waals surface area contributed by atoms with Crippen LogP contribution in [0.2, 0.25) is 5.15 Å². The maximum Gasteiger partial charge on any atom is 0.328 e. The SMILES string of the molecule is CN(C)CC1CCCCC1(O)c1cccc(Cl)n1.O=C(O)/C=C/C(=O)O. The van der Waals surface area contributed by atoms with Crippen molar-refractivity contribution in [3.8, 4) is 0 Å². The van der Waals surface area contributed by atoms with Gasteiger partial charge < -0.3 is 20.2 Å². The first-order chi connectivity index (χ1) is 12.1. The molecule has 0 saturated heterocycles. The van der Waals surface area contributed by atoms with Gasteiger partial charge in [0.2, 0.25) is 0 Å². The lowest BCUT2D eigenvalue weighted by Crippen LogP contribution is -2.43. The highest BCUT2D eigenvalue weighted by Crippen LogP contribution is 2.41. The van der Waals surface area contributed by atoms with Crippen LogP contribution in [-0.2, 0) is 15.2 Å². The zero-order chi connectivity index (χ0) is 19.7. The van der Waals surface area contributed by atoms with Crippen LogP contribution in [0, 0.1) is 5.92 Å². The van der Waals surface area contributed by atoms with Crippen LogP contribution in [0.3, 0.4) is 0 Å². The Morgan fingerprint density at radius 2 is 1.88 bits per heavy atom. The predicted molar refractivity (Wildman–Crippen MR) is 98.1 cm³/mol. The number of pyridine rings is 1. The van der Waals surface area contributed by atoms with Crippen LogP contribution in [0.1, 0.15) is 31.4 Å². The van der Waals surface area contributed by atoms with Gasteiger partial charge in [-0.1, -0.05) is 30.5 Å². The lowest BCUT2D eigenvalue weighted by Gasteiger charge is -2.40. The van der Waals surface area contributed by atoms with E-state index in [2.05, 4.69) is 9.88 Å². The molecular weight excluding hydrogens is 360 g/mol. The monoisotopic (exact) mass is 384 g/mol. The van der Waals surface area contributed by atoms with Gasteiger partial charge in [0.15, 0.2) is 0 Å². The van der Waals surface area contributed by atoms with Gasteiger partial charge in [-0.05, 0) is 39.1 Å². The highest BCUT2D eigenvalue weighted by Gasteiger charge is 2.41. The number of aliphatic carboxylic acids is 2. The topological polar surface area (TPSA) is 111 Å². The third-order valence-electron chi connectivity index (χ3n) is 4.15. The maximum absolute atomic E-state index is 11.0. The highest BCUT2D eigenvalue weighted by molar-refractivity contribution is 6.29. The Morgan fingerprint density at radius 3 is 2.38 bits per heavy atom. The van der Waals surface area contributed by atoms with Crippen molar-refractivity contribution in [2.45, 2.75) is 31.3 Å². The first kappa shape index (κ1) is 22.1. The van der Waals surface area contributed by atoms with Gasteiger partial charge in [0.05, 0.1) is 5.69 Å². The van der Waals surface area contributed by atoms with Gasteiger partial charge in [0.1, 0.15) is 10.8 Å². The molecule has 26 heavy (non-hydrogen) atoms. The van der Waals surface area contributed by atoms with E-state index in [0.717, 1.165) is 31.5 Å². The van der Waals surface area contributed by atoms with Crippen molar-refractivity contribution in [1.82, 2.24) is 9.88 Å². The van der Waals surface area contributed by atoms with Gasteiger partial charge in [-0.3, -0.25) is 0 Å². The number of aliphatic hydroxyl groups is 1. The van der Waals surface area contributed by atoms with Gasteiger partial charge in [-0.2, -0.15) is 0 Å². The van der Waals surface area contributed by atoms with E-state index in [0.29, 0.717) is 17.3 Å². The Hall–Kier alpha value is -1.96. The molecule has 144 valence electrons. The molecule has 2 rings (SSSR count). The second-order valence-corrected chi connectivity index (χ2v) is 6.87. The van der Waals surface area contributed by atoms with Gasteiger partial charge in [-0.15, -0.1) is 0 Å². The van der Waals surface area contributed by atoms with Gasteiger partial charge in [0, 0.05) is 24.6 Å². The van der Waals surface area contributed by atoms with E-state index in [-0.39, 0.29) is 5.92 Å². The minimum atomic E-state index is -1.26. The molecule has 1 aliphatic carbocycles. The summed E-state index contributed by atoms with van der Waals surface area (Å²) in [6, 6.07) is 5.50.